The average Bonchev–Trinajstić information content (AvgIpc) is 2.86. The van der Waals surface area contributed by atoms with E-state index in [4.69, 9.17) is 0 Å². The lowest BCUT2D eigenvalue weighted by Gasteiger charge is -2.05. The summed E-state index contributed by atoms with van der Waals surface area (Å²) >= 11 is 3.69. The quantitative estimate of drug-likeness (QED) is 0.302. The lowest BCUT2D eigenvalue weighted by atomic mass is 10.1. The third kappa shape index (κ3) is 5.38. The molecule has 5 aromatic rings. The summed E-state index contributed by atoms with van der Waals surface area (Å²) in [7, 11) is 0. The molecule has 0 N–H and O–H groups in total. The standard InChI is InChI=1S/C28H23BrN4/c29-28-18-22(20-32-13-5-26(6-14-32)24-1-9-30-10-2-24)17-23(19-28)21-33-15-7-27(8-16-33)25-3-11-31-12-4-25/h1-19H,20-21H2/q+2. The van der Waals surface area contributed by atoms with Gasteiger partial charge in [0.15, 0.2) is 37.9 Å². The zero-order chi connectivity index (χ0) is 22.5. The molecule has 0 aliphatic carbocycles. The zero-order valence-electron chi connectivity index (χ0n) is 18.1. The second kappa shape index (κ2) is 9.84. The van der Waals surface area contributed by atoms with E-state index in [0.717, 1.165) is 17.6 Å². The first-order valence-corrected chi connectivity index (χ1v) is 11.6. The Balaban J connectivity index is 1.30. The molecule has 0 fully saturated rings. The number of nitrogens with zero attached hydrogens (tertiary/aromatic N) is 4. The third-order valence-corrected chi connectivity index (χ3v) is 6.02. The maximum absolute atomic E-state index is 4.10. The molecule has 4 heterocycles. The fourth-order valence-corrected chi connectivity index (χ4v) is 4.51. The van der Waals surface area contributed by atoms with Crippen LogP contribution >= 0.6 is 15.9 Å². The minimum Gasteiger partial charge on any atom is -0.265 e. The average molecular weight is 495 g/mol. The Morgan fingerprint density at radius 3 is 1.27 bits per heavy atom. The Bertz CT molecular complexity index is 1230. The fraction of sp³-hybridized carbons (Fsp3) is 0.0714. The van der Waals surface area contributed by atoms with Crippen LogP contribution in [0, 0.1) is 0 Å². The number of pyridine rings is 4. The smallest absolute Gasteiger partial charge is 0.173 e. The molecule has 5 heteroatoms. The van der Waals surface area contributed by atoms with E-state index in [9.17, 15) is 0 Å². The summed E-state index contributed by atoms with van der Waals surface area (Å²) in [4.78, 5) is 8.19. The monoisotopic (exact) mass is 494 g/mol. The van der Waals surface area contributed by atoms with Gasteiger partial charge in [0, 0.05) is 64.7 Å². The zero-order valence-corrected chi connectivity index (χ0v) is 19.6. The second-order valence-electron chi connectivity index (χ2n) is 7.96. The van der Waals surface area contributed by atoms with Crippen molar-refractivity contribution in [3.63, 3.8) is 0 Å². The van der Waals surface area contributed by atoms with Crippen LogP contribution in [0.15, 0.2) is 121 Å². The Morgan fingerprint density at radius 2 is 0.879 bits per heavy atom. The van der Waals surface area contributed by atoms with Crippen LogP contribution in [0.4, 0.5) is 0 Å². The molecule has 33 heavy (non-hydrogen) atoms. The van der Waals surface area contributed by atoms with Crippen LogP contribution < -0.4 is 9.13 Å². The molecule has 0 bridgehead atoms. The van der Waals surface area contributed by atoms with Crippen molar-refractivity contribution in [3.8, 4) is 22.3 Å². The number of halogens is 1. The number of aromatic nitrogens is 4. The van der Waals surface area contributed by atoms with Crippen LogP contribution in [-0.2, 0) is 13.1 Å². The van der Waals surface area contributed by atoms with Gasteiger partial charge in [-0.1, -0.05) is 15.9 Å². The predicted molar refractivity (Wildman–Crippen MR) is 132 cm³/mol. The lowest BCUT2D eigenvalue weighted by Crippen LogP contribution is -2.34. The second-order valence-corrected chi connectivity index (χ2v) is 8.87. The molecule has 1 aromatic carbocycles. The molecule has 0 atom stereocenters. The number of hydrogen-bond acceptors (Lipinski definition) is 2. The predicted octanol–water partition coefficient (Wildman–Crippen LogP) is 5.24. The molecule has 0 saturated heterocycles. The number of benzene rings is 1. The molecule has 4 aromatic heterocycles. The molecule has 0 radical (unpaired) electrons. The number of hydrogen-bond donors (Lipinski definition) is 0. The van der Waals surface area contributed by atoms with E-state index >= 15 is 0 Å². The van der Waals surface area contributed by atoms with Gasteiger partial charge < -0.3 is 0 Å². The van der Waals surface area contributed by atoms with Gasteiger partial charge in [0.05, 0.1) is 0 Å². The van der Waals surface area contributed by atoms with Crippen molar-refractivity contribution in [2.45, 2.75) is 13.1 Å². The Kier molecular flexibility index (Phi) is 6.31. The Morgan fingerprint density at radius 1 is 0.515 bits per heavy atom. The topological polar surface area (TPSA) is 33.5 Å². The van der Waals surface area contributed by atoms with E-state index in [0.29, 0.717) is 0 Å². The van der Waals surface area contributed by atoms with Crippen molar-refractivity contribution in [1.82, 2.24) is 9.97 Å². The van der Waals surface area contributed by atoms with E-state index in [1.54, 1.807) is 0 Å². The number of rotatable bonds is 6. The molecule has 0 amide bonds. The van der Waals surface area contributed by atoms with E-state index < -0.39 is 0 Å². The first-order chi connectivity index (χ1) is 16.2. The van der Waals surface area contributed by atoms with Crippen LogP contribution in [0.3, 0.4) is 0 Å². The minimum atomic E-state index is 0.814. The van der Waals surface area contributed by atoms with Gasteiger partial charge >= 0.3 is 0 Å². The summed E-state index contributed by atoms with van der Waals surface area (Å²) in [5, 5.41) is 0. The van der Waals surface area contributed by atoms with Crippen LogP contribution in [0.2, 0.25) is 0 Å². The highest BCUT2D eigenvalue weighted by atomic mass is 79.9. The molecule has 0 aliphatic heterocycles. The summed E-state index contributed by atoms with van der Waals surface area (Å²) in [6.07, 6.45) is 15.8. The van der Waals surface area contributed by atoms with E-state index in [-0.39, 0.29) is 0 Å². The lowest BCUT2D eigenvalue weighted by molar-refractivity contribution is -0.689. The van der Waals surface area contributed by atoms with Crippen molar-refractivity contribution in [1.29, 1.82) is 0 Å². The normalized spacial score (nSPS) is 10.8. The van der Waals surface area contributed by atoms with Gasteiger partial charge in [-0.05, 0) is 64.7 Å². The van der Waals surface area contributed by atoms with Crippen LogP contribution in [0.1, 0.15) is 11.1 Å². The van der Waals surface area contributed by atoms with E-state index in [1.807, 2.05) is 49.1 Å². The van der Waals surface area contributed by atoms with E-state index in [1.165, 1.54) is 33.4 Å². The molecule has 0 saturated carbocycles. The first-order valence-electron chi connectivity index (χ1n) is 10.8. The van der Waals surface area contributed by atoms with Crippen molar-refractivity contribution >= 4 is 15.9 Å². The first kappa shape index (κ1) is 21.2. The van der Waals surface area contributed by atoms with Gasteiger partial charge in [0.1, 0.15) is 0 Å². The maximum atomic E-state index is 4.10. The summed E-state index contributed by atoms with van der Waals surface area (Å²) in [5.74, 6) is 0. The minimum absolute atomic E-state index is 0.814. The van der Waals surface area contributed by atoms with Gasteiger partial charge in [0.2, 0.25) is 0 Å². The van der Waals surface area contributed by atoms with Gasteiger partial charge in [-0.25, -0.2) is 9.13 Å². The molecule has 160 valence electrons. The van der Waals surface area contributed by atoms with E-state index in [2.05, 4.69) is 102 Å². The Hall–Kier alpha value is -3.70. The highest BCUT2D eigenvalue weighted by Gasteiger charge is 2.10. The summed E-state index contributed by atoms with van der Waals surface area (Å²) in [5.41, 5.74) is 7.25. The van der Waals surface area contributed by atoms with Crippen LogP contribution in [-0.4, -0.2) is 9.97 Å². The molecular weight excluding hydrogens is 472 g/mol. The van der Waals surface area contributed by atoms with Gasteiger partial charge in [-0.3, -0.25) is 9.97 Å². The Labute approximate surface area is 202 Å². The fourth-order valence-electron chi connectivity index (χ4n) is 3.92. The third-order valence-electron chi connectivity index (χ3n) is 5.56. The highest BCUT2D eigenvalue weighted by Crippen LogP contribution is 2.19. The molecule has 0 spiro atoms. The highest BCUT2D eigenvalue weighted by molar-refractivity contribution is 9.10. The largest absolute Gasteiger partial charge is 0.265 e. The van der Waals surface area contributed by atoms with Gasteiger partial charge in [-0.15, -0.1) is 0 Å². The summed E-state index contributed by atoms with van der Waals surface area (Å²) < 4.78 is 5.50. The molecule has 0 unspecified atom stereocenters. The van der Waals surface area contributed by atoms with Gasteiger partial charge in [0.25, 0.3) is 0 Å². The molecule has 0 aliphatic rings. The summed E-state index contributed by atoms with van der Waals surface area (Å²) in [6, 6.07) is 23.4. The molecule has 5 rings (SSSR count). The van der Waals surface area contributed by atoms with Crippen molar-refractivity contribution in [2.24, 2.45) is 0 Å². The maximum Gasteiger partial charge on any atom is 0.173 e. The van der Waals surface area contributed by atoms with Crippen molar-refractivity contribution < 1.29 is 9.13 Å². The van der Waals surface area contributed by atoms with Crippen LogP contribution in [0.25, 0.3) is 22.3 Å². The van der Waals surface area contributed by atoms with Crippen molar-refractivity contribution in [3.05, 3.63) is 132 Å². The van der Waals surface area contributed by atoms with Crippen LogP contribution in [0.5, 0.6) is 0 Å². The molecule has 4 nitrogen and oxygen atoms in total. The summed E-state index contributed by atoms with van der Waals surface area (Å²) in [6.45, 7) is 1.63. The van der Waals surface area contributed by atoms with Gasteiger partial charge in [-0.2, -0.15) is 0 Å². The SMILES string of the molecule is Brc1cc(C[n+]2ccc(-c3ccncc3)cc2)cc(C[n+]2ccc(-c3ccncc3)cc2)c1. The van der Waals surface area contributed by atoms with Crippen molar-refractivity contribution in [2.75, 3.05) is 0 Å². The molecular formula is C28H23BrN4+2.